The van der Waals surface area contributed by atoms with Crippen LogP contribution in [0.1, 0.15) is 19.3 Å². The van der Waals surface area contributed by atoms with Crippen LogP contribution >= 0.6 is 11.3 Å². The lowest BCUT2D eigenvalue weighted by Crippen LogP contribution is -2.53. The fourth-order valence-electron chi connectivity index (χ4n) is 2.83. The van der Waals surface area contributed by atoms with Crippen molar-refractivity contribution in [3.63, 3.8) is 0 Å². The molecule has 0 spiro atoms. The minimum atomic E-state index is -0.470. The van der Waals surface area contributed by atoms with Gasteiger partial charge in [0.25, 0.3) is 0 Å². The standard InChI is InChI=1S/C14H21N3O4S/c18-9-6-16-11-2-1-10(21-12(11)8-20-7-9)5-13(19)17-14-15-3-4-22-14/h3-4,9-12,16,18H,1-2,5-8H2,(H,15,17,19)/t9-,10+,11-,12+/m0/s1. The number of β-amino-alcohol motifs (C(OH)–C–C–N with tert-alkyl or cyclic N) is 1. The summed E-state index contributed by atoms with van der Waals surface area (Å²) >= 11 is 1.40. The Labute approximate surface area is 133 Å². The maximum Gasteiger partial charge on any atom is 0.228 e. The first-order valence-electron chi connectivity index (χ1n) is 7.54. The smallest absolute Gasteiger partial charge is 0.228 e. The monoisotopic (exact) mass is 327 g/mol. The van der Waals surface area contributed by atoms with E-state index in [1.54, 1.807) is 6.20 Å². The number of aliphatic hydroxyl groups excluding tert-OH is 1. The predicted molar refractivity (Wildman–Crippen MR) is 81.9 cm³/mol. The minimum Gasteiger partial charge on any atom is -0.389 e. The molecule has 122 valence electrons. The fraction of sp³-hybridized carbons (Fsp3) is 0.714. The van der Waals surface area contributed by atoms with Gasteiger partial charge in [-0.2, -0.15) is 0 Å². The Morgan fingerprint density at radius 1 is 1.50 bits per heavy atom. The lowest BCUT2D eigenvalue weighted by molar-refractivity contribution is -0.134. The summed E-state index contributed by atoms with van der Waals surface area (Å²) in [5.41, 5.74) is 0. The molecule has 0 saturated carbocycles. The first-order valence-corrected chi connectivity index (χ1v) is 8.42. The van der Waals surface area contributed by atoms with E-state index in [1.165, 1.54) is 11.3 Å². The number of fused-ring (bicyclic) bond motifs is 1. The van der Waals surface area contributed by atoms with E-state index >= 15 is 0 Å². The van der Waals surface area contributed by atoms with Crippen molar-refractivity contribution in [1.82, 2.24) is 10.3 Å². The van der Waals surface area contributed by atoms with E-state index in [9.17, 15) is 9.90 Å². The number of ether oxygens (including phenoxy) is 2. The van der Waals surface area contributed by atoms with Crippen molar-refractivity contribution >= 4 is 22.4 Å². The molecule has 2 saturated heterocycles. The second-order valence-corrected chi connectivity index (χ2v) is 6.56. The zero-order valence-corrected chi connectivity index (χ0v) is 13.1. The van der Waals surface area contributed by atoms with Crippen molar-refractivity contribution < 1.29 is 19.4 Å². The van der Waals surface area contributed by atoms with Gasteiger partial charge in [0.15, 0.2) is 5.13 Å². The Bertz CT molecular complexity index is 484. The quantitative estimate of drug-likeness (QED) is 0.743. The summed E-state index contributed by atoms with van der Waals surface area (Å²) in [5, 5.41) is 18.1. The van der Waals surface area contributed by atoms with E-state index in [4.69, 9.17) is 9.47 Å². The largest absolute Gasteiger partial charge is 0.389 e. The number of anilines is 1. The minimum absolute atomic E-state index is 0.0705. The maximum absolute atomic E-state index is 12.0. The summed E-state index contributed by atoms with van der Waals surface area (Å²) in [7, 11) is 0. The Morgan fingerprint density at radius 2 is 2.41 bits per heavy atom. The van der Waals surface area contributed by atoms with Gasteiger partial charge in [-0.05, 0) is 12.8 Å². The molecule has 3 N–H and O–H groups in total. The number of amides is 1. The fourth-order valence-corrected chi connectivity index (χ4v) is 3.37. The van der Waals surface area contributed by atoms with E-state index in [0.29, 0.717) is 31.3 Å². The maximum atomic E-state index is 12.0. The number of carbonyl (C=O) groups excluding carboxylic acids is 1. The van der Waals surface area contributed by atoms with Crippen LogP contribution in [0.5, 0.6) is 0 Å². The molecule has 8 heteroatoms. The second-order valence-electron chi connectivity index (χ2n) is 5.67. The summed E-state index contributed by atoms with van der Waals surface area (Å²) in [6, 6.07) is 0.174. The Hall–Kier alpha value is -1.06. The third-order valence-electron chi connectivity index (χ3n) is 3.92. The van der Waals surface area contributed by atoms with Gasteiger partial charge in [-0.25, -0.2) is 4.98 Å². The molecule has 1 amide bonds. The van der Waals surface area contributed by atoms with Gasteiger partial charge < -0.3 is 25.2 Å². The van der Waals surface area contributed by atoms with Crippen molar-refractivity contribution in [3.8, 4) is 0 Å². The number of nitrogens with zero attached hydrogens (tertiary/aromatic N) is 1. The molecular weight excluding hydrogens is 306 g/mol. The van der Waals surface area contributed by atoms with Crippen LogP contribution in [0.4, 0.5) is 5.13 Å². The third kappa shape index (κ3) is 4.23. The topological polar surface area (TPSA) is 92.7 Å². The number of thiazole rings is 1. The molecule has 3 rings (SSSR count). The van der Waals surface area contributed by atoms with E-state index in [1.807, 2.05) is 5.38 Å². The van der Waals surface area contributed by atoms with Gasteiger partial charge in [0.05, 0.1) is 37.9 Å². The van der Waals surface area contributed by atoms with Crippen LogP contribution in [0.3, 0.4) is 0 Å². The van der Waals surface area contributed by atoms with E-state index in [0.717, 1.165) is 12.8 Å². The molecule has 0 bridgehead atoms. The van der Waals surface area contributed by atoms with Gasteiger partial charge in [-0.15, -0.1) is 11.3 Å². The molecule has 1 aromatic rings. The van der Waals surface area contributed by atoms with Crippen LogP contribution in [0, 0.1) is 0 Å². The van der Waals surface area contributed by atoms with Crippen molar-refractivity contribution in [2.75, 3.05) is 25.1 Å². The van der Waals surface area contributed by atoms with Gasteiger partial charge in [-0.3, -0.25) is 4.79 Å². The molecule has 1 aromatic heterocycles. The lowest BCUT2D eigenvalue weighted by atomic mass is 9.96. The number of hydrogen-bond donors (Lipinski definition) is 3. The molecule has 2 fully saturated rings. The van der Waals surface area contributed by atoms with E-state index in [-0.39, 0.29) is 24.2 Å². The van der Waals surface area contributed by atoms with Crippen molar-refractivity contribution in [2.24, 2.45) is 0 Å². The van der Waals surface area contributed by atoms with Crippen LogP contribution in [0.25, 0.3) is 0 Å². The van der Waals surface area contributed by atoms with E-state index < -0.39 is 6.10 Å². The van der Waals surface area contributed by atoms with Gasteiger partial charge in [-0.1, -0.05) is 0 Å². The molecule has 2 aliphatic rings. The highest BCUT2D eigenvalue weighted by atomic mass is 32.1. The number of rotatable bonds is 3. The average Bonchev–Trinajstić information content (AvgIpc) is 2.97. The molecule has 2 aliphatic heterocycles. The van der Waals surface area contributed by atoms with Crippen LogP contribution in [-0.4, -0.2) is 60.1 Å². The summed E-state index contributed by atoms with van der Waals surface area (Å²) in [5.74, 6) is -0.0754. The number of carbonyl (C=O) groups is 1. The Balaban J connectivity index is 1.49. The molecular formula is C14H21N3O4S. The third-order valence-corrected chi connectivity index (χ3v) is 4.60. The number of hydrogen-bond acceptors (Lipinski definition) is 7. The summed E-state index contributed by atoms with van der Waals surface area (Å²) in [6.45, 7) is 1.27. The number of nitrogens with one attached hydrogen (secondary N) is 2. The Morgan fingerprint density at radius 3 is 3.23 bits per heavy atom. The number of aliphatic hydroxyl groups is 1. The molecule has 4 atom stereocenters. The number of aromatic nitrogens is 1. The SMILES string of the molecule is O=C(C[C@H]1CC[C@@H]2NC[C@H](O)COC[C@H]2O1)Nc1nccs1. The predicted octanol–water partition coefficient (Wildman–Crippen LogP) is 0.369. The second kappa shape index (κ2) is 7.47. The molecule has 0 aromatic carbocycles. The summed E-state index contributed by atoms with van der Waals surface area (Å²) in [6.07, 6.45) is 3.07. The molecule has 22 heavy (non-hydrogen) atoms. The molecule has 0 radical (unpaired) electrons. The van der Waals surface area contributed by atoms with Crippen molar-refractivity contribution in [1.29, 1.82) is 0 Å². The van der Waals surface area contributed by atoms with Crippen molar-refractivity contribution in [3.05, 3.63) is 11.6 Å². The van der Waals surface area contributed by atoms with E-state index in [2.05, 4.69) is 15.6 Å². The first-order chi connectivity index (χ1) is 10.7. The van der Waals surface area contributed by atoms with Crippen LogP contribution in [0.2, 0.25) is 0 Å². The zero-order chi connectivity index (χ0) is 15.4. The van der Waals surface area contributed by atoms with Crippen LogP contribution < -0.4 is 10.6 Å². The van der Waals surface area contributed by atoms with Crippen LogP contribution in [-0.2, 0) is 14.3 Å². The highest BCUT2D eigenvalue weighted by Gasteiger charge is 2.33. The van der Waals surface area contributed by atoms with Gasteiger partial charge in [0, 0.05) is 24.2 Å². The highest BCUT2D eigenvalue weighted by molar-refractivity contribution is 7.13. The van der Waals surface area contributed by atoms with Gasteiger partial charge >= 0.3 is 0 Å². The zero-order valence-electron chi connectivity index (χ0n) is 12.2. The Kier molecular flexibility index (Phi) is 5.37. The highest BCUT2D eigenvalue weighted by Crippen LogP contribution is 2.24. The normalized spacial score (nSPS) is 32.6. The lowest BCUT2D eigenvalue weighted by Gasteiger charge is -2.38. The first kappa shape index (κ1) is 15.8. The molecule has 3 heterocycles. The summed E-state index contributed by atoms with van der Waals surface area (Å²) < 4.78 is 11.5. The van der Waals surface area contributed by atoms with Gasteiger partial charge in [0.2, 0.25) is 5.91 Å². The molecule has 0 aliphatic carbocycles. The van der Waals surface area contributed by atoms with Gasteiger partial charge in [0.1, 0.15) is 0 Å². The summed E-state index contributed by atoms with van der Waals surface area (Å²) in [4.78, 5) is 16.0. The van der Waals surface area contributed by atoms with Crippen molar-refractivity contribution in [2.45, 2.75) is 43.6 Å². The molecule has 7 nitrogen and oxygen atoms in total. The van der Waals surface area contributed by atoms with Crippen LogP contribution in [0.15, 0.2) is 11.6 Å². The molecule has 0 unspecified atom stereocenters. The average molecular weight is 327 g/mol.